The number of rotatable bonds is 2. The van der Waals surface area contributed by atoms with Gasteiger partial charge in [0.15, 0.2) is 0 Å². The number of urea groups is 1. The van der Waals surface area contributed by atoms with Crippen molar-refractivity contribution in [3.63, 3.8) is 0 Å². The highest BCUT2D eigenvalue weighted by Crippen LogP contribution is 2.25. The van der Waals surface area contributed by atoms with Crippen LogP contribution in [0.3, 0.4) is 0 Å². The van der Waals surface area contributed by atoms with Gasteiger partial charge in [-0.25, -0.2) is 4.79 Å². The van der Waals surface area contributed by atoms with Gasteiger partial charge in [-0.1, -0.05) is 0 Å². The number of anilines is 2. The average Bonchev–Trinajstić information content (AvgIpc) is 2.57. The van der Waals surface area contributed by atoms with E-state index in [4.69, 9.17) is 9.47 Å². The highest BCUT2D eigenvalue weighted by Gasteiger charge is 2.25. The number of hydrogen-bond acceptors (Lipinski definition) is 4. The van der Waals surface area contributed by atoms with Gasteiger partial charge in [0.1, 0.15) is 0 Å². The molecule has 6 heteroatoms. The minimum atomic E-state index is -0.0610. The van der Waals surface area contributed by atoms with E-state index in [-0.39, 0.29) is 6.03 Å². The molecule has 0 radical (unpaired) electrons. The van der Waals surface area contributed by atoms with Gasteiger partial charge in [-0.3, -0.25) is 0 Å². The van der Waals surface area contributed by atoms with Gasteiger partial charge in [-0.2, -0.15) is 0 Å². The van der Waals surface area contributed by atoms with Gasteiger partial charge in [-0.15, -0.1) is 0 Å². The predicted molar refractivity (Wildman–Crippen MR) is 90.1 cm³/mol. The van der Waals surface area contributed by atoms with Crippen molar-refractivity contribution in [1.82, 2.24) is 4.90 Å². The van der Waals surface area contributed by atoms with Gasteiger partial charge in [0, 0.05) is 36.5 Å². The molecule has 2 aliphatic heterocycles. The normalized spacial score (nSPS) is 25.3. The third-order valence-corrected chi connectivity index (χ3v) is 4.38. The molecular weight excluding hydrogens is 294 g/mol. The molecule has 1 N–H and O–H groups in total. The Morgan fingerprint density at radius 2 is 1.65 bits per heavy atom. The summed E-state index contributed by atoms with van der Waals surface area (Å²) in [5.74, 6) is 0. The average molecular weight is 319 g/mol. The maximum atomic E-state index is 12.2. The van der Waals surface area contributed by atoms with Crippen molar-refractivity contribution >= 4 is 17.4 Å². The molecule has 2 heterocycles. The second-order valence-corrected chi connectivity index (χ2v) is 6.22. The largest absolute Gasteiger partial charge is 0.378 e. The Bertz CT molecular complexity index is 518. The lowest BCUT2D eigenvalue weighted by Gasteiger charge is -2.40. The minimum absolute atomic E-state index is 0.0610. The van der Waals surface area contributed by atoms with E-state index in [9.17, 15) is 4.79 Å². The maximum Gasteiger partial charge on any atom is 0.321 e. The van der Waals surface area contributed by atoms with Gasteiger partial charge < -0.3 is 24.6 Å². The smallest absolute Gasteiger partial charge is 0.321 e. The van der Waals surface area contributed by atoms with Gasteiger partial charge in [0.2, 0.25) is 0 Å². The summed E-state index contributed by atoms with van der Waals surface area (Å²) in [5.41, 5.74) is 1.98. The molecule has 2 fully saturated rings. The molecule has 0 aliphatic carbocycles. The molecule has 2 aliphatic rings. The van der Waals surface area contributed by atoms with E-state index >= 15 is 0 Å². The molecule has 1 aromatic rings. The highest BCUT2D eigenvalue weighted by molar-refractivity contribution is 5.89. The molecule has 2 amide bonds. The second-order valence-electron chi connectivity index (χ2n) is 6.22. The van der Waals surface area contributed by atoms with Crippen molar-refractivity contribution in [2.45, 2.75) is 25.9 Å². The number of ether oxygens (including phenoxy) is 2. The van der Waals surface area contributed by atoms with Crippen molar-refractivity contribution in [3.05, 3.63) is 24.3 Å². The number of carbonyl (C=O) groups is 1. The van der Waals surface area contributed by atoms with E-state index < -0.39 is 0 Å². The van der Waals surface area contributed by atoms with Gasteiger partial charge >= 0.3 is 6.03 Å². The van der Waals surface area contributed by atoms with E-state index in [0.29, 0.717) is 38.4 Å². The van der Waals surface area contributed by atoms with Crippen molar-refractivity contribution in [2.75, 3.05) is 49.7 Å². The lowest BCUT2D eigenvalue weighted by molar-refractivity contribution is 0.0564. The van der Waals surface area contributed by atoms with Crippen LogP contribution in [0.15, 0.2) is 24.3 Å². The van der Waals surface area contributed by atoms with Crippen molar-refractivity contribution < 1.29 is 14.3 Å². The second kappa shape index (κ2) is 7.19. The number of nitrogens with one attached hydrogen (secondary N) is 1. The molecule has 0 spiro atoms. The van der Waals surface area contributed by atoms with Crippen LogP contribution in [-0.2, 0) is 9.47 Å². The fourth-order valence-electron chi connectivity index (χ4n) is 3.20. The fraction of sp³-hybridized carbons (Fsp3) is 0.588. The zero-order valence-electron chi connectivity index (χ0n) is 13.8. The highest BCUT2D eigenvalue weighted by atomic mass is 16.5. The van der Waals surface area contributed by atoms with Crippen LogP contribution in [-0.4, -0.2) is 62.5 Å². The standard InChI is InChI=1S/C17H25N3O3/c1-13-11-23-12-14(2)20(13)16-5-3-15(4-6-16)18-17(21)19-7-9-22-10-8-19/h3-6,13-14H,7-12H2,1-2H3,(H,18,21). The number of amides is 2. The molecule has 2 saturated heterocycles. The van der Waals surface area contributed by atoms with Crippen LogP contribution in [0.2, 0.25) is 0 Å². The third-order valence-electron chi connectivity index (χ3n) is 4.38. The topological polar surface area (TPSA) is 54.0 Å². The van der Waals surface area contributed by atoms with Crippen LogP contribution >= 0.6 is 0 Å². The Balaban J connectivity index is 1.63. The summed E-state index contributed by atoms with van der Waals surface area (Å²) in [6.07, 6.45) is 0. The molecule has 2 atom stereocenters. The summed E-state index contributed by atoms with van der Waals surface area (Å²) >= 11 is 0. The van der Waals surface area contributed by atoms with Crippen LogP contribution in [0, 0.1) is 0 Å². The first kappa shape index (κ1) is 16.1. The van der Waals surface area contributed by atoms with E-state index in [1.165, 1.54) is 0 Å². The van der Waals surface area contributed by atoms with Crippen LogP contribution < -0.4 is 10.2 Å². The first-order chi connectivity index (χ1) is 11.1. The summed E-state index contributed by atoms with van der Waals surface area (Å²) in [6.45, 7) is 8.35. The van der Waals surface area contributed by atoms with Gasteiger partial charge in [-0.05, 0) is 38.1 Å². The molecule has 0 bridgehead atoms. The van der Waals surface area contributed by atoms with E-state index in [1.54, 1.807) is 4.90 Å². The van der Waals surface area contributed by atoms with Crippen LogP contribution in [0.5, 0.6) is 0 Å². The maximum absolute atomic E-state index is 12.2. The number of benzene rings is 1. The molecule has 0 aromatic heterocycles. The monoisotopic (exact) mass is 319 g/mol. The molecule has 0 saturated carbocycles. The van der Waals surface area contributed by atoms with Crippen molar-refractivity contribution in [2.24, 2.45) is 0 Å². The SMILES string of the molecule is CC1COCC(C)N1c1ccc(NC(=O)N2CCOCC2)cc1. The Kier molecular flexibility index (Phi) is 5.03. The number of morpholine rings is 2. The summed E-state index contributed by atoms with van der Waals surface area (Å²) in [6, 6.07) is 8.69. The number of hydrogen-bond donors (Lipinski definition) is 1. The van der Waals surface area contributed by atoms with Gasteiger partial charge in [0.25, 0.3) is 0 Å². The number of carbonyl (C=O) groups excluding carboxylic acids is 1. The Labute approximate surface area is 137 Å². The Morgan fingerprint density at radius 3 is 2.26 bits per heavy atom. The van der Waals surface area contributed by atoms with Crippen molar-refractivity contribution in [3.8, 4) is 0 Å². The third kappa shape index (κ3) is 3.76. The zero-order chi connectivity index (χ0) is 16.2. The predicted octanol–water partition coefficient (Wildman–Crippen LogP) is 2.16. The first-order valence-corrected chi connectivity index (χ1v) is 8.25. The van der Waals surface area contributed by atoms with E-state index in [0.717, 1.165) is 24.6 Å². The van der Waals surface area contributed by atoms with Crippen molar-refractivity contribution in [1.29, 1.82) is 0 Å². The fourth-order valence-corrected chi connectivity index (χ4v) is 3.20. The lowest BCUT2D eigenvalue weighted by atomic mass is 10.1. The number of nitrogens with zero attached hydrogens (tertiary/aromatic N) is 2. The van der Waals surface area contributed by atoms with E-state index in [1.807, 2.05) is 12.1 Å². The molecule has 23 heavy (non-hydrogen) atoms. The van der Waals surface area contributed by atoms with Gasteiger partial charge in [0.05, 0.1) is 26.4 Å². The molecule has 126 valence electrons. The molecule has 6 nitrogen and oxygen atoms in total. The Morgan fingerprint density at radius 1 is 1.04 bits per heavy atom. The quantitative estimate of drug-likeness (QED) is 0.908. The summed E-state index contributed by atoms with van der Waals surface area (Å²) in [7, 11) is 0. The summed E-state index contributed by atoms with van der Waals surface area (Å²) in [4.78, 5) is 16.3. The van der Waals surface area contributed by atoms with E-state index in [2.05, 4.69) is 36.2 Å². The lowest BCUT2D eigenvalue weighted by Crippen LogP contribution is -2.49. The Hall–Kier alpha value is -1.79. The molecule has 3 rings (SSSR count). The van der Waals surface area contributed by atoms with Crippen LogP contribution in [0.25, 0.3) is 0 Å². The minimum Gasteiger partial charge on any atom is -0.378 e. The summed E-state index contributed by atoms with van der Waals surface area (Å²) < 4.78 is 10.8. The first-order valence-electron chi connectivity index (χ1n) is 8.25. The van der Waals surface area contributed by atoms with Crippen LogP contribution in [0.4, 0.5) is 16.2 Å². The molecule has 1 aromatic carbocycles. The molecule has 2 unspecified atom stereocenters. The van der Waals surface area contributed by atoms with Crippen LogP contribution in [0.1, 0.15) is 13.8 Å². The molecular formula is C17H25N3O3. The summed E-state index contributed by atoms with van der Waals surface area (Å²) in [5, 5.41) is 2.95. The zero-order valence-corrected chi connectivity index (χ0v) is 13.8.